The zero-order valence-corrected chi connectivity index (χ0v) is 14.1. The molecule has 0 bridgehead atoms. The monoisotopic (exact) mass is 337 g/mol. The molecule has 0 aromatic rings. The molecule has 138 valence electrons. The van der Waals surface area contributed by atoms with Crippen LogP contribution in [0.25, 0.3) is 0 Å². The molecule has 0 saturated heterocycles. The predicted octanol–water partition coefficient (Wildman–Crippen LogP) is 0.154. The molecule has 8 heteroatoms. The van der Waals surface area contributed by atoms with Gasteiger partial charge in [0.25, 0.3) is 0 Å². The zero-order chi connectivity index (χ0) is 17.0. The van der Waals surface area contributed by atoms with Gasteiger partial charge < -0.3 is 34.1 Å². The first kappa shape index (κ1) is 22.2. The lowest BCUT2D eigenvalue weighted by molar-refractivity contribution is -0.136. The molecule has 0 aromatic heterocycles. The number of aliphatic carboxylic acids is 1. The molecule has 0 spiro atoms. The smallest absolute Gasteiger partial charge is 0.304 e. The minimum Gasteiger partial charge on any atom is -0.481 e. The van der Waals surface area contributed by atoms with Gasteiger partial charge in [0, 0.05) is 19.7 Å². The highest BCUT2D eigenvalue weighted by Crippen LogP contribution is 1.83. The van der Waals surface area contributed by atoms with E-state index in [1.807, 2.05) is 6.92 Å². The van der Waals surface area contributed by atoms with Gasteiger partial charge in [-0.3, -0.25) is 4.79 Å². The summed E-state index contributed by atoms with van der Waals surface area (Å²) in [7, 11) is 0. The molecule has 2 N–H and O–H groups in total. The van der Waals surface area contributed by atoms with Crippen molar-refractivity contribution in [3.05, 3.63) is 0 Å². The van der Waals surface area contributed by atoms with Crippen LogP contribution >= 0.6 is 0 Å². The molecule has 0 unspecified atom stereocenters. The number of ether oxygens (including phenoxy) is 5. The van der Waals surface area contributed by atoms with E-state index in [0.717, 1.165) is 0 Å². The van der Waals surface area contributed by atoms with E-state index in [1.165, 1.54) is 0 Å². The molecule has 0 fully saturated rings. The van der Waals surface area contributed by atoms with Crippen LogP contribution in [0.4, 0.5) is 0 Å². The highest BCUT2D eigenvalue weighted by atomic mass is 16.6. The molecule has 8 nitrogen and oxygen atoms in total. The maximum atomic E-state index is 10.3. The van der Waals surface area contributed by atoms with Crippen molar-refractivity contribution in [2.45, 2.75) is 13.3 Å². The Labute approximate surface area is 138 Å². The van der Waals surface area contributed by atoms with Crippen LogP contribution < -0.4 is 5.32 Å². The Morgan fingerprint density at radius 1 is 0.739 bits per heavy atom. The van der Waals surface area contributed by atoms with E-state index in [-0.39, 0.29) is 6.42 Å². The fraction of sp³-hybridized carbons (Fsp3) is 0.933. The number of rotatable bonds is 19. The molecule has 23 heavy (non-hydrogen) atoms. The van der Waals surface area contributed by atoms with E-state index >= 15 is 0 Å². The first-order chi connectivity index (χ1) is 11.3. The second kappa shape index (κ2) is 19.3. The van der Waals surface area contributed by atoms with Gasteiger partial charge in [0.1, 0.15) is 0 Å². The zero-order valence-electron chi connectivity index (χ0n) is 14.1. The Kier molecular flexibility index (Phi) is 18.6. The van der Waals surface area contributed by atoms with Crippen molar-refractivity contribution in [2.75, 3.05) is 79.2 Å². The lowest BCUT2D eigenvalue weighted by atomic mass is 10.4. The van der Waals surface area contributed by atoms with Crippen molar-refractivity contribution in [2.24, 2.45) is 0 Å². The number of carboxylic acid groups (broad SMARTS) is 1. The summed E-state index contributed by atoms with van der Waals surface area (Å²) in [6, 6.07) is 0. The predicted molar refractivity (Wildman–Crippen MR) is 84.9 cm³/mol. The molecular formula is C15H31NO7. The SMILES string of the molecule is CCOCCOCCOCCOCCOCCNCCC(=O)O. The molecule has 0 saturated carbocycles. The van der Waals surface area contributed by atoms with Gasteiger partial charge in [-0.25, -0.2) is 0 Å². The average Bonchev–Trinajstić information content (AvgIpc) is 2.53. The van der Waals surface area contributed by atoms with Gasteiger partial charge in [-0.05, 0) is 6.92 Å². The minimum absolute atomic E-state index is 0.126. The maximum absolute atomic E-state index is 10.3. The largest absolute Gasteiger partial charge is 0.481 e. The van der Waals surface area contributed by atoms with Crippen molar-refractivity contribution < 1.29 is 33.6 Å². The van der Waals surface area contributed by atoms with Gasteiger partial charge >= 0.3 is 5.97 Å². The lowest BCUT2D eigenvalue weighted by Gasteiger charge is -2.08. The number of carboxylic acids is 1. The Morgan fingerprint density at radius 2 is 1.17 bits per heavy atom. The van der Waals surface area contributed by atoms with Crippen LogP contribution in [0.5, 0.6) is 0 Å². The quantitative estimate of drug-likeness (QED) is 0.322. The normalized spacial score (nSPS) is 11.0. The van der Waals surface area contributed by atoms with Crippen molar-refractivity contribution in [1.29, 1.82) is 0 Å². The lowest BCUT2D eigenvalue weighted by Crippen LogP contribution is -2.23. The fourth-order valence-corrected chi connectivity index (χ4v) is 1.49. The average molecular weight is 337 g/mol. The van der Waals surface area contributed by atoms with E-state index in [2.05, 4.69) is 5.32 Å². The van der Waals surface area contributed by atoms with Crippen LogP contribution in [-0.4, -0.2) is 90.2 Å². The van der Waals surface area contributed by atoms with Crippen molar-refractivity contribution >= 4 is 5.97 Å². The molecule has 0 heterocycles. The standard InChI is InChI=1S/C15H31NO7/c1-2-19-7-8-21-11-12-23-14-13-22-10-9-20-6-5-16-4-3-15(17)18/h16H,2-14H2,1H3,(H,17,18). The molecular weight excluding hydrogens is 306 g/mol. The van der Waals surface area contributed by atoms with Crippen LogP contribution in [0.2, 0.25) is 0 Å². The van der Waals surface area contributed by atoms with Gasteiger partial charge in [-0.15, -0.1) is 0 Å². The molecule has 0 aliphatic heterocycles. The Hall–Kier alpha value is -0.770. The summed E-state index contributed by atoms with van der Waals surface area (Å²) in [5.74, 6) is -0.800. The van der Waals surface area contributed by atoms with Gasteiger partial charge in [-0.2, -0.15) is 0 Å². The maximum Gasteiger partial charge on any atom is 0.304 e. The second-order valence-corrected chi connectivity index (χ2v) is 4.54. The Morgan fingerprint density at radius 3 is 1.61 bits per heavy atom. The number of carbonyl (C=O) groups is 1. The summed E-state index contributed by atoms with van der Waals surface area (Å²) in [5.41, 5.74) is 0. The van der Waals surface area contributed by atoms with Gasteiger partial charge in [0.15, 0.2) is 0 Å². The molecule has 0 rings (SSSR count). The van der Waals surface area contributed by atoms with Crippen LogP contribution in [0.3, 0.4) is 0 Å². The van der Waals surface area contributed by atoms with Gasteiger partial charge in [-0.1, -0.05) is 0 Å². The highest BCUT2D eigenvalue weighted by molar-refractivity contribution is 5.66. The first-order valence-electron chi connectivity index (χ1n) is 8.08. The minimum atomic E-state index is -0.800. The van der Waals surface area contributed by atoms with Gasteiger partial charge in [0.05, 0.1) is 65.9 Å². The molecule has 0 atom stereocenters. The van der Waals surface area contributed by atoms with Crippen LogP contribution in [0.1, 0.15) is 13.3 Å². The highest BCUT2D eigenvalue weighted by Gasteiger charge is 1.95. The summed E-state index contributed by atoms with van der Waals surface area (Å²) >= 11 is 0. The summed E-state index contributed by atoms with van der Waals surface area (Å²) < 4.78 is 26.4. The second-order valence-electron chi connectivity index (χ2n) is 4.54. The van der Waals surface area contributed by atoms with E-state index in [0.29, 0.717) is 79.2 Å². The van der Waals surface area contributed by atoms with Crippen LogP contribution in [-0.2, 0) is 28.5 Å². The third-order valence-corrected chi connectivity index (χ3v) is 2.63. The summed E-state index contributed by atoms with van der Waals surface area (Å²) in [6.07, 6.45) is 0.126. The van der Waals surface area contributed by atoms with Crippen LogP contribution in [0.15, 0.2) is 0 Å². The Bertz CT molecular complexity index is 254. The van der Waals surface area contributed by atoms with Crippen molar-refractivity contribution in [1.82, 2.24) is 5.32 Å². The molecule has 0 radical (unpaired) electrons. The topological polar surface area (TPSA) is 95.5 Å². The summed E-state index contributed by atoms with van der Waals surface area (Å²) in [5, 5.41) is 11.4. The Balaban J connectivity index is 2.96. The van der Waals surface area contributed by atoms with E-state index < -0.39 is 5.97 Å². The molecule has 0 aromatic carbocycles. The third-order valence-electron chi connectivity index (χ3n) is 2.63. The first-order valence-corrected chi connectivity index (χ1v) is 8.08. The fourth-order valence-electron chi connectivity index (χ4n) is 1.49. The van der Waals surface area contributed by atoms with E-state index in [4.69, 9.17) is 28.8 Å². The summed E-state index contributed by atoms with van der Waals surface area (Å²) in [6.45, 7) is 8.72. The number of hydrogen-bond acceptors (Lipinski definition) is 7. The third kappa shape index (κ3) is 21.2. The summed E-state index contributed by atoms with van der Waals surface area (Å²) in [4.78, 5) is 10.3. The molecule has 0 aliphatic carbocycles. The molecule has 0 amide bonds. The van der Waals surface area contributed by atoms with E-state index in [1.54, 1.807) is 0 Å². The van der Waals surface area contributed by atoms with Crippen molar-refractivity contribution in [3.8, 4) is 0 Å². The van der Waals surface area contributed by atoms with Crippen LogP contribution in [0, 0.1) is 0 Å². The van der Waals surface area contributed by atoms with Crippen molar-refractivity contribution in [3.63, 3.8) is 0 Å². The van der Waals surface area contributed by atoms with Gasteiger partial charge in [0.2, 0.25) is 0 Å². The molecule has 0 aliphatic rings. The van der Waals surface area contributed by atoms with E-state index in [9.17, 15) is 4.79 Å². The number of nitrogens with one attached hydrogen (secondary N) is 1. The number of hydrogen-bond donors (Lipinski definition) is 2.